The summed E-state index contributed by atoms with van der Waals surface area (Å²) in [5, 5.41) is 0.119. The molecule has 0 unspecified atom stereocenters. The van der Waals surface area contributed by atoms with E-state index in [1.165, 1.54) is 24.3 Å². The van der Waals surface area contributed by atoms with Crippen LogP contribution in [-0.2, 0) is 16.2 Å². The number of alkyl halides is 3. The van der Waals surface area contributed by atoms with E-state index in [-0.39, 0.29) is 43.9 Å². The van der Waals surface area contributed by atoms with Crippen molar-refractivity contribution in [2.75, 3.05) is 11.3 Å². The van der Waals surface area contributed by atoms with E-state index in [9.17, 15) is 26.4 Å². The molecule has 2 atom stereocenters. The van der Waals surface area contributed by atoms with Crippen LogP contribution in [-0.4, -0.2) is 31.8 Å². The van der Waals surface area contributed by atoms with Crippen LogP contribution in [0.5, 0.6) is 0 Å². The second-order valence-corrected chi connectivity index (χ2v) is 12.6. The van der Waals surface area contributed by atoms with Crippen molar-refractivity contribution < 1.29 is 26.4 Å². The Morgan fingerprint density at radius 3 is 2.50 bits per heavy atom. The van der Waals surface area contributed by atoms with Crippen LogP contribution in [0.25, 0.3) is 0 Å². The van der Waals surface area contributed by atoms with Crippen LogP contribution in [0.2, 0.25) is 5.02 Å². The van der Waals surface area contributed by atoms with Crippen molar-refractivity contribution in [2.24, 2.45) is 10.8 Å². The molecule has 10 heteroatoms. The van der Waals surface area contributed by atoms with E-state index in [0.717, 1.165) is 31.4 Å². The number of nitrogens with one attached hydrogen (secondary N) is 1. The number of carbonyl (C=O) groups is 1. The van der Waals surface area contributed by atoms with Crippen LogP contribution in [0.4, 0.5) is 18.9 Å². The van der Waals surface area contributed by atoms with Gasteiger partial charge >= 0.3 is 6.18 Å². The smallest absolute Gasteiger partial charge is 0.335 e. The number of sulfonamides is 1. The molecule has 184 valence electrons. The van der Waals surface area contributed by atoms with Gasteiger partial charge in [-0.1, -0.05) is 38.4 Å². The van der Waals surface area contributed by atoms with Gasteiger partial charge in [-0.05, 0) is 66.5 Å². The van der Waals surface area contributed by atoms with Gasteiger partial charge in [-0.15, -0.1) is 0 Å². The molecule has 2 aromatic rings. The number of anilines is 1. The van der Waals surface area contributed by atoms with Gasteiger partial charge in [0.1, 0.15) is 0 Å². The van der Waals surface area contributed by atoms with Gasteiger partial charge in [0.2, 0.25) is 0 Å². The Kier molecular flexibility index (Phi) is 5.96. The largest absolute Gasteiger partial charge is 0.416 e. The minimum atomic E-state index is -4.61. The van der Waals surface area contributed by atoms with Crippen molar-refractivity contribution in [2.45, 2.75) is 57.1 Å². The summed E-state index contributed by atoms with van der Waals surface area (Å²) in [6.07, 6.45) is -1.89. The monoisotopic (exact) mass is 514 g/mol. The molecule has 2 bridgehead atoms. The maximum atomic E-state index is 13.5. The molecule has 5 nitrogen and oxygen atoms in total. The molecule has 0 aromatic heterocycles. The molecule has 0 radical (unpaired) electrons. The van der Waals surface area contributed by atoms with E-state index >= 15 is 0 Å². The number of halogens is 4. The molecule has 1 amide bonds. The predicted octanol–water partition coefficient (Wildman–Crippen LogP) is 6.20. The molecule has 1 saturated carbocycles. The lowest BCUT2D eigenvalue weighted by atomic mass is 9.65. The highest BCUT2D eigenvalue weighted by molar-refractivity contribution is 7.92. The highest BCUT2D eigenvalue weighted by atomic mass is 35.5. The second kappa shape index (κ2) is 8.16. The summed E-state index contributed by atoms with van der Waals surface area (Å²) in [5.41, 5.74) is -1.07. The van der Waals surface area contributed by atoms with Gasteiger partial charge in [-0.25, -0.2) is 8.42 Å². The Bertz CT molecular complexity index is 1250. The van der Waals surface area contributed by atoms with Gasteiger partial charge in [0.05, 0.1) is 21.0 Å². The lowest BCUT2D eigenvalue weighted by Gasteiger charge is -2.39. The molecule has 1 N–H and O–H groups in total. The summed E-state index contributed by atoms with van der Waals surface area (Å²) >= 11 is 6.30. The van der Waals surface area contributed by atoms with Gasteiger partial charge in [0, 0.05) is 18.3 Å². The Hall–Kier alpha value is -2.26. The Balaban J connectivity index is 1.62. The first-order chi connectivity index (χ1) is 15.6. The molecule has 4 rings (SSSR count). The third-order valence-corrected chi connectivity index (χ3v) is 8.30. The third kappa shape index (κ3) is 4.91. The fourth-order valence-corrected chi connectivity index (χ4v) is 6.93. The van der Waals surface area contributed by atoms with E-state index in [1.54, 1.807) is 4.90 Å². The SMILES string of the molecule is CC1(C)C[C@H]2C[C@@](C)(CN2C(=O)c2cc(S(=O)(=O)Nc3cccc(C(F)(F)F)c3)ccc2Cl)C1. The van der Waals surface area contributed by atoms with E-state index in [4.69, 9.17) is 11.6 Å². The number of amides is 1. The molecule has 2 fully saturated rings. The zero-order valence-electron chi connectivity index (χ0n) is 19.0. The zero-order valence-corrected chi connectivity index (χ0v) is 20.6. The van der Waals surface area contributed by atoms with Crippen molar-refractivity contribution in [1.29, 1.82) is 0 Å². The molecule has 1 saturated heterocycles. The van der Waals surface area contributed by atoms with Crippen molar-refractivity contribution in [3.05, 3.63) is 58.6 Å². The molecule has 2 aliphatic rings. The van der Waals surface area contributed by atoms with Crippen LogP contribution in [0.3, 0.4) is 0 Å². The fraction of sp³-hybridized carbons (Fsp3) is 0.458. The van der Waals surface area contributed by atoms with E-state index in [1.807, 2.05) is 0 Å². The van der Waals surface area contributed by atoms with E-state index in [2.05, 4.69) is 25.5 Å². The number of benzene rings is 2. The van der Waals surface area contributed by atoms with E-state index in [0.29, 0.717) is 12.6 Å². The van der Waals surface area contributed by atoms with Gasteiger partial charge in [-0.3, -0.25) is 9.52 Å². The average Bonchev–Trinajstić information content (AvgIpc) is 2.95. The quantitative estimate of drug-likeness (QED) is 0.528. The molecule has 1 aliphatic heterocycles. The maximum Gasteiger partial charge on any atom is 0.416 e. The summed E-state index contributed by atoms with van der Waals surface area (Å²) < 4.78 is 67.0. The highest BCUT2D eigenvalue weighted by Gasteiger charge is 2.51. The first kappa shape index (κ1) is 24.9. The Morgan fingerprint density at radius 1 is 1.12 bits per heavy atom. The summed E-state index contributed by atoms with van der Waals surface area (Å²) in [6, 6.07) is 7.69. The molecule has 0 spiro atoms. The number of hydrogen-bond donors (Lipinski definition) is 1. The van der Waals surface area contributed by atoms with Crippen LogP contribution in [0.15, 0.2) is 47.4 Å². The molecule has 34 heavy (non-hydrogen) atoms. The van der Waals surface area contributed by atoms with E-state index < -0.39 is 21.8 Å². The van der Waals surface area contributed by atoms with Crippen LogP contribution in [0.1, 0.15) is 56.0 Å². The molecule has 1 heterocycles. The van der Waals surface area contributed by atoms with Crippen LogP contribution >= 0.6 is 11.6 Å². The van der Waals surface area contributed by atoms with Gasteiger partial charge in [0.25, 0.3) is 15.9 Å². The maximum absolute atomic E-state index is 13.5. The third-order valence-electron chi connectivity index (χ3n) is 6.60. The van der Waals surface area contributed by atoms with Gasteiger partial charge < -0.3 is 4.90 Å². The van der Waals surface area contributed by atoms with Crippen molar-refractivity contribution in [3.63, 3.8) is 0 Å². The molecule has 1 aliphatic carbocycles. The number of nitrogens with zero attached hydrogens (tertiary/aromatic N) is 1. The number of hydrogen-bond acceptors (Lipinski definition) is 3. The summed E-state index contributed by atoms with van der Waals surface area (Å²) in [7, 11) is -4.27. The molecular weight excluding hydrogens is 489 g/mol. The normalized spacial score (nSPS) is 24.2. The topological polar surface area (TPSA) is 66.5 Å². The number of fused-ring (bicyclic) bond motifs is 2. The van der Waals surface area contributed by atoms with Crippen molar-refractivity contribution >= 4 is 33.2 Å². The van der Waals surface area contributed by atoms with Crippen molar-refractivity contribution in [3.8, 4) is 0 Å². The average molecular weight is 515 g/mol. The fourth-order valence-electron chi connectivity index (χ4n) is 5.66. The van der Waals surface area contributed by atoms with Gasteiger partial charge in [0.15, 0.2) is 0 Å². The standard InChI is InChI=1S/C24H26ClF3N2O3S/c1-22(2)11-17-12-23(3,13-22)14-30(17)21(31)19-10-18(7-8-20(19)25)34(32,33)29-16-6-4-5-15(9-16)24(26,27)28/h4-10,17,29H,11-14H2,1-3H3/t17-,23+/m0/s1. The summed E-state index contributed by atoms with van der Waals surface area (Å²) in [6.45, 7) is 7.10. The van der Waals surface area contributed by atoms with Crippen LogP contribution < -0.4 is 4.72 Å². The lowest BCUT2D eigenvalue weighted by molar-refractivity contribution is -0.137. The first-order valence-electron chi connectivity index (χ1n) is 10.9. The lowest BCUT2D eigenvalue weighted by Crippen LogP contribution is -2.37. The number of carbonyl (C=O) groups excluding carboxylic acids is 1. The minimum absolute atomic E-state index is 0.0106. The van der Waals surface area contributed by atoms with Crippen LogP contribution in [0, 0.1) is 10.8 Å². The molecule has 2 aromatic carbocycles. The number of likely N-dealkylation sites (tertiary alicyclic amines) is 1. The van der Waals surface area contributed by atoms with Gasteiger partial charge in [-0.2, -0.15) is 13.2 Å². The zero-order chi connectivity index (χ0) is 25.1. The summed E-state index contributed by atoms with van der Waals surface area (Å²) in [4.78, 5) is 15.0. The summed E-state index contributed by atoms with van der Waals surface area (Å²) in [5.74, 6) is -0.340. The minimum Gasteiger partial charge on any atom is -0.335 e. The highest BCUT2D eigenvalue weighted by Crippen LogP contribution is 2.52. The molecular formula is C24H26ClF3N2O3S. The first-order valence-corrected chi connectivity index (χ1v) is 12.8. The Morgan fingerprint density at radius 2 is 1.82 bits per heavy atom. The second-order valence-electron chi connectivity index (χ2n) is 10.5. The Labute approximate surface area is 202 Å². The predicted molar refractivity (Wildman–Crippen MR) is 124 cm³/mol. The number of rotatable bonds is 4. The van der Waals surface area contributed by atoms with Crippen molar-refractivity contribution in [1.82, 2.24) is 4.90 Å².